The fraction of sp³-hybridized carbons (Fsp3) is 0.351. The number of fused-ring (bicyclic) bond motifs is 2. The number of nitrogens with one attached hydrogen (secondary N) is 1. The molecule has 2 aliphatic heterocycles. The van der Waals surface area contributed by atoms with Crippen LogP contribution in [0.15, 0.2) is 42.5 Å². The van der Waals surface area contributed by atoms with Crippen LogP contribution in [0.1, 0.15) is 51.8 Å². The van der Waals surface area contributed by atoms with Gasteiger partial charge in [0.15, 0.2) is 39.2 Å². The largest absolute Gasteiger partial charge is 0.491 e. The number of aromatic carboxylic acids is 1. The first-order valence-corrected chi connectivity index (χ1v) is 18.7. The number of carboxylic acids is 1. The lowest BCUT2D eigenvalue weighted by molar-refractivity contribution is -0.130. The summed E-state index contributed by atoms with van der Waals surface area (Å²) < 4.78 is 21.7. The summed E-state index contributed by atoms with van der Waals surface area (Å²) in [7, 11) is 0. The topological polar surface area (TPSA) is 137 Å². The highest BCUT2D eigenvalue weighted by Gasteiger charge is 2.28. The second-order valence-electron chi connectivity index (χ2n) is 12.6. The van der Waals surface area contributed by atoms with Crippen molar-refractivity contribution >= 4 is 66.7 Å². The van der Waals surface area contributed by atoms with E-state index in [2.05, 4.69) is 42.2 Å². The fourth-order valence-corrected chi connectivity index (χ4v) is 8.27. The standard InChI is InChI=1S/C37H37FN8O4S2/c1-23-26-9-6-16-46(34(26)43-42-33(23)41-36-39-28-10-3-4-11-30(28)51-36)37-40-32(35(48)49)31(52-37)12-7-21-50-29-14-13-25(22-27(29)38)8-5-15-44-17-19-45(20-18-44)24(2)47/h3-4,10-11,13-14,22H,6-7,9,12,15-21H2,1-2H3,(H,48,49)(H,39,41,42). The summed E-state index contributed by atoms with van der Waals surface area (Å²) in [4.78, 5) is 39.5. The predicted molar refractivity (Wildman–Crippen MR) is 200 cm³/mol. The minimum atomic E-state index is -1.10. The van der Waals surface area contributed by atoms with Crippen LogP contribution in [-0.4, -0.2) is 92.8 Å². The summed E-state index contributed by atoms with van der Waals surface area (Å²) >= 11 is 2.87. The third-order valence-corrected chi connectivity index (χ3v) is 11.2. The van der Waals surface area contributed by atoms with Gasteiger partial charge in [-0.3, -0.25) is 9.69 Å². The van der Waals surface area contributed by atoms with Gasteiger partial charge in [0.05, 0.1) is 23.4 Å². The molecule has 0 spiro atoms. The number of carbonyl (C=O) groups is 2. The molecule has 0 radical (unpaired) electrons. The number of amides is 1. The lowest BCUT2D eigenvalue weighted by Crippen LogP contribution is -2.47. The molecule has 3 aromatic heterocycles. The molecule has 2 N–H and O–H groups in total. The van der Waals surface area contributed by atoms with E-state index in [1.165, 1.54) is 17.4 Å². The van der Waals surface area contributed by atoms with Crippen LogP contribution >= 0.6 is 22.7 Å². The van der Waals surface area contributed by atoms with E-state index in [0.717, 1.165) is 52.4 Å². The van der Waals surface area contributed by atoms with Crippen LogP contribution in [0.5, 0.6) is 5.75 Å². The minimum absolute atomic E-state index is 0.000710. The first-order valence-electron chi connectivity index (χ1n) is 17.1. The van der Waals surface area contributed by atoms with Gasteiger partial charge in [0, 0.05) is 61.2 Å². The SMILES string of the molecule is CC(=O)N1CCN(CC#Cc2ccc(OCCCc3sc(N4CCCc5c4nnc(Nc4nc6ccccc6s4)c5C)nc3C(=O)O)c(F)c2)CC1. The molecule has 0 unspecified atom stereocenters. The van der Waals surface area contributed by atoms with Crippen molar-refractivity contribution in [2.75, 3.05) is 56.1 Å². The van der Waals surface area contributed by atoms with Crippen molar-refractivity contribution in [2.24, 2.45) is 0 Å². The highest BCUT2D eigenvalue weighted by atomic mass is 32.1. The van der Waals surface area contributed by atoms with E-state index in [0.29, 0.717) is 66.2 Å². The molecule has 1 amide bonds. The molecule has 7 rings (SSSR count). The summed E-state index contributed by atoms with van der Waals surface area (Å²) in [5, 5.41) is 23.7. The number of nitrogens with zero attached hydrogens (tertiary/aromatic N) is 7. The molecule has 268 valence electrons. The number of anilines is 4. The maximum atomic E-state index is 14.9. The van der Waals surface area contributed by atoms with Gasteiger partial charge in [0.2, 0.25) is 5.91 Å². The Bertz CT molecular complexity index is 2150. The van der Waals surface area contributed by atoms with Crippen molar-refractivity contribution in [3.05, 3.63) is 75.5 Å². The van der Waals surface area contributed by atoms with Crippen LogP contribution in [-0.2, 0) is 17.6 Å². The van der Waals surface area contributed by atoms with Gasteiger partial charge in [-0.05, 0) is 62.9 Å². The summed E-state index contributed by atoms with van der Waals surface area (Å²) in [5.41, 5.74) is 3.48. The predicted octanol–water partition coefficient (Wildman–Crippen LogP) is 6.04. The quantitative estimate of drug-likeness (QED) is 0.128. The Balaban J connectivity index is 0.960. The summed E-state index contributed by atoms with van der Waals surface area (Å²) in [6, 6.07) is 12.6. The first-order chi connectivity index (χ1) is 25.2. The molecule has 0 bridgehead atoms. The van der Waals surface area contributed by atoms with Gasteiger partial charge in [0.25, 0.3) is 0 Å². The van der Waals surface area contributed by atoms with Crippen molar-refractivity contribution < 1.29 is 23.8 Å². The average Bonchev–Trinajstić information content (AvgIpc) is 3.76. The average molecular weight is 741 g/mol. The number of piperazine rings is 1. The number of ether oxygens (including phenoxy) is 1. The molecule has 12 nitrogen and oxygen atoms in total. The third kappa shape index (κ3) is 7.84. The number of aromatic nitrogens is 4. The van der Waals surface area contributed by atoms with E-state index >= 15 is 0 Å². The zero-order valence-corrected chi connectivity index (χ0v) is 30.4. The zero-order chi connectivity index (χ0) is 36.2. The highest BCUT2D eigenvalue weighted by Crippen LogP contribution is 2.39. The van der Waals surface area contributed by atoms with Crippen LogP contribution in [0.2, 0.25) is 0 Å². The molecule has 5 heterocycles. The van der Waals surface area contributed by atoms with Gasteiger partial charge in [-0.1, -0.05) is 35.3 Å². The van der Waals surface area contributed by atoms with Crippen LogP contribution in [0.3, 0.4) is 0 Å². The summed E-state index contributed by atoms with van der Waals surface area (Å²) in [6.45, 7) is 7.87. The van der Waals surface area contributed by atoms with E-state index in [-0.39, 0.29) is 24.0 Å². The van der Waals surface area contributed by atoms with Gasteiger partial charge < -0.3 is 25.0 Å². The third-order valence-electron chi connectivity index (χ3n) is 9.12. The monoisotopic (exact) mass is 740 g/mol. The zero-order valence-electron chi connectivity index (χ0n) is 28.8. The molecule has 2 aliphatic rings. The number of carboxylic acid groups (broad SMARTS) is 1. The van der Waals surface area contributed by atoms with Crippen LogP contribution in [0.25, 0.3) is 10.2 Å². The van der Waals surface area contributed by atoms with Crippen LogP contribution < -0.4 is 15.0 Å². The number of benzene rings is 2. The smallest absolute Gasteiger partial charge is 0.355 e. The van der Waals surface area contributed by atoms with Crippen molar-refractivity contribution in [3.63, 3.8) is 0 Å². The number of rotatable bonds is 10. The van der Waals surface area contributed by atoms with Gasteiger partial charge >= 0.3 is 5.97 Å². The maximum absolute atomic E-state index is 14.9. The molecule has 52 heavy (non-hydrogen) atoms. The number of carbonyl (C=O) groups excluding carboxylic acids is 1. The molecule has 0 aliphatic carbocycles. The Labute approximate surface area is 308 Å². The number of hydrogen-bond acceptors (Lipinski definition) is 12. The van der Waals surface area contributed by atoms with E-state index in [4.69, 9.17) is 4.74 Å². The number of halogens is 1. The van der Waals surface area contributed by atoms with Gasteiger partial charge in [0.1, 0.15) is 0 Å². The van der Waals surface area contributed by atoms with E-state index in [1.54, 1.807) is 30.4 Å². The van der Waals surface area contributed by atoms with E-state index in [1.807, 2.05) is 41.0 Å². The van der Waals surface area contributed by atoms with Crippen LogP contribution in [0, 0.1) is 24.6 Å². The fourth-order valence-electron chi connectivity index (χ4n) is 6.29. The first kappa shape index (κ1) is 35.2. The number of para-hydroxylation sites is 1. The lowest BCUT2D eigenvalue weighted by Gasteiger charge is -2.32. The summed E-state index contributed by atoms with van der Waals surface area (Å²) in [5.74, 6) is 6.01. The van der Waals surface area contributed by atoms with Crippen molar-refractivity contribution in [2.45, 2.75) is 39.5 Å². The second kappa shape index (κ2) is 15.6. The molecule has 1 fully saturated rings. The Morgan fingerprint density at radius 3 is 2.65 bits per heavy atom. The Kier molecular flexibility index (Phi) is 10.6. The van der Waals surface area contributed by atoms with Crippen molar-refractivity contribution in [1.82, 2.24) is 30.0 Å². The number of aryl methyl sites for hydroxylation is 1. The Morgan fingerprint density at radius 1 is 1.06 bits per heavy atom. The van der Waals surface area contributed by atoms with Crippen molar-refractivity contribution in [3.8, 4) is 17.6 Å². The molecule has 2 aromatic carbocycles. The van der Waals surface area contributed by atoms with Crippen molar-refractivity contribution in [1.29, 1.82) is 0 Å². The number of thiazole rings is 2. The second-order valence-corrected chi connectivity index (χ2v) is 14.7. The highest BCUT2D eigenvalue weighted by molar-refractivity contribution is 7.22. The van der Waals surface area contributed by atoms with Gasteiger partial charge in [-0.25, -0.2) is 19.2 Å². The van der Waals surface area contributed by atoms with E-state index < -0.39 is 11.8 Å². The number of hydrogen-bond donors (Lipinski definition) is 2. The van der Waals surface area contributed by atoms with Crippen LogP contribution in [0.4, 0.5) is 26.3 Å². The lowest BCUT2D eigenvalue weighted by atomic mass is 10.0. The Morgan fingerprint density at radius 2 is 1.88 bits per heavy atom. The molecule has 15 heteroatoms. The molecule has 0 atom stereocenters. The molecule has 1 saturated heterocycles. The Hall–Kier alpha value is -5.17. The minimum Gasteiger partial charge on any atom is -0.491 e. The van der Waals surface area contributed by atoms with E-state index in [9.17, 15) is 19.1 Å². The summed E-state index contributed by atoms with van der Waals surface area (Å²) in [6.07, 6.45) is 2.53. The maximum Gasteiger partial charge on any atom is 0.355 e. The van der Waals surface area contributed by atoms with Gasteiger partial charge in [-0.2, -0.15) is 0 Å². The molecular weight excluding hydrogens is 704 g/mol. The normalized spacial score (nSPS) is 14.5. The molecule has 5 aromatic rings. The molecular formula is C37H37FN8O4S2. The molecule has 0 saturated carbocycles. The van der Waals surface area contributed by atoms with Gasteiger partial charge in [-0.15, -0.1) is 21.5 Å².